The number of rotatable bonds is 4. The van der Waals surface area contributed by atoms with Crippen LogP contribution in [-0.2, 0) is 0 Å². The van der Waals surface area contributed by atoms with Crippen LogP contribution in [0.5, 0.6) is 5.75 Å². The van der Waals surface area contributed by atoms with Gasteiger partial charge >= 0.3 is 0 Å². The van der Waals surface area contributed by atoms with Gasteiger partial charge in [-0.2, -0.15) is 0 Å². The van der Waals surface area contributed by atoms with Crippen LogP contribution in [0.1, 0.15) is 36.4 Å². The number of benzene rings is 2. The van der Waals surface area contributed by atoms with Crippen LogP contribution in [0.15, 0.2) is 48.6 Å². The second kappa shape index (κ2) is 6.44. The quantitative estimate of drug-likeness (QED) is 0.479. The van der Waals surface area contributed by atoms with Gasteiger partial charge < -0.3 is 10.1 Å². The van der Waals surface area contributed by atoms with Crippen molar-refractivity contribution in [3.8, 4) is 5.75 Å². The van der Waals surface area contributed by atoms with Crippen LogP contribution in [-0.4, -0.2) is 11.5 Å². The molecule has 0 bridgehead atoms. The normalized spacial score (nSPS) is 23.1. The lowest BCUT2D eigenvalue weighted by molar-refractivity contribution is -0.384. The number of nitro groups is 1. The van der Waals surface area contributed by atoms with Gasteiger partial charge in [-0.05, 0) is 48.6 Å². The van der Waals surface area contributed by atoms with Crippen molar-refractivity contribution in [3.63, 3.8) is 0 Å². The number of halogens is 1. The largest absolute Gasteiger partial charge is 0.494 e. The Bertz CT molecular complexity index is 879. The number of hydrogen-bond acceptors (Lipinski definition) is 4. The summed E-state index contributed by atoms with van der Waals surface area (Å²) in [5.41, 5.74) is 2.36. The zero-order valence-corrected chi connectivity index (χ0v) is 14.3. The molecule has 0 saturated carbocycles. The molecule has 1 aliphatic heterocycles. The van der Waals surface area contributed by atoms with Crippen LogP contribution in [0.3, 0.4) is 0 Å². The van der Waals surface area contributed by atoms with Gasteiger partial charge in [0.2, 0.25) is 0 Å². The van der Waals surface area contributed by atoms with Gasteiger partial charge in [-0.25, -0.2) is 4.39 Å². The summed E-state index contributed by atoms with van der Waals surface area (Å²) in [6.45, 7) is 2.30. The van der Waals surface area contributed by atoms with E-state index in [1.165, 1.54) is 18.2 Å². The van der Waals surface area contributed by atoms with Gasteiger partial charge in [-0.1, -0.05) is 24.3 Å². The lowest BCUT2D eigenvalue weighted by atomic mass is 9.76. The van der Waals surface area contributed by atoms with Gasteiger partial charge in [0, 0.05) is 5.92 Å². The number of anilines is 1. The lowest BCUT2D eigenvalue weighted by Gasteiger charge is -2.37. The highest BCUT2D eigenvalue weighted by atomic mass is 19.1. The van der Waals surface area contributed by atoms with Gasteiger partial charge in [0.25, 0.3) is 5.69 Å². The van der Waals surface area contributed by atoms with Crippen LogP contribution in [0.2, 0.25) is 0 Å². The van der Waals surface area contributed by atoms with E-state index in [0.29, 0.717) is 18.0 Å². The molecule has 4 rings (SSSR count). The molecular formula is C20H19FN2O3. The number of nitrogens with one attached hydrogen (secondary N) is 1. The highest BCUT2D eigenvalue weighted by Gasteiger charge is 2.41. The molecule has 1 N–H and O–H groups in total. The molecule has 0 spiro atoms. The van der Waals surface area contributed by atoms with Crippen LogP contribution in [0, 0.1) is 21.8 Å². The first-order chi connectivity index (χ1) is 12.6. The minimum atomic E-state index is -0.380. The Morgan fingerprint density at radius 3 is 2.77 bits per heavy atom. The average molecular weight is 354 g/mol. The Labute approximate surface area is 150 Å². The first-order valence-corrected chi connectivity index (χ1v) is 8.72. The molecule has 0 aromatic heterocycles. The first kappa shape index (κ1) is 16.6. The third-order valence-corrected chi connectivity index (χ3v) is 5.16. The van der Waals surface area contributed by atoms with Crippen molar-refractivity contribution in [1.82, 2.24) is 0 Å². The maximum absolute atomic E-state index is 13.3. The molecule has 0 fully saturated rings. The Morgan fingerprint density at radius 1 is 1.31 bits per heavy atom. The van der Waals surface area contributed by atoms with E-state index in [9.17, 15) is 14.5 Å². The molecule has 2 aliphatic rings. The van der Waals surface area contributed by atoms with E-state index in [0.717, 1.165) is 17.5 Å². The molecule has 1 heterocycles. The molecule has 0 radical (unpaired) electrons. The highest BCUT2D eigenvalue weighted by Crippen LogP contribution is 2.53. The number of allylic oxidation sites excluding steroid dienone is 2. The molecule has 0 saturated heterocycles. The number of ether oxygens (including phenoxy) is 1. The monoisotopic (exact) mass is 354 g/mol. The number of hydrogen-bond donors (Lipinski definition) is 1. The predicted molar refractivity (Wildman–Crippen MR) is 97.0 cm³/mol. The Balaban J connectivity index is 1.83. The third kappa shape index (κ3) is 2.71. The maximum atomic E-state index is 13.3. The molecule has 2 aromatic carbocycles. The van der Waals surface area contributed by atoms with Crippen molar-refractivity contribution in [3.05, 3.63) is 75.6 Å². The van der Waals surface area contributed by atoms with Gasteiger partial charge in [-0.3, -0.25) is 10.1 Å². The fraction of sp³-hybridized carbons (Fsp3) is 0.300. The predicted octanol–water partition coefficient (Wildman–Crippen LogP) is 4.96. The summed E-state index contributed by atoms with van der Waals surface area (Å²) in [7, 11) is 0. The van der Waals surface area contributed by atoms with Crippen LogP contribution in [0.25, 0.3) is 0 Å². The van der Waals surface area contributed by atoms with E-state index < -0.39 is 0 Å². The zero-order valence-electron chi connectivity index (χ0n) is 14.3. The minimum absolute atomic E-state index is 0.0109. The maximum Gasteiger partial charge on any atom is 0.296 e. The summed E-state index contributed by atoms with van der Waals surface area (Å²) in [5.74, 6) is 0.516. The zero-order chi connectivity index (χ0) is 18.3. The van der Waals surface area contributed by atoms with Gasteiger partial charge in [-0.15, -0.1) is 0 Å². The fourth-order valence-electron chi connectivity index (χ4n) is 4.05. The van der Waals surface area contributed by atoms with E-state index in [2.05, 4.69) is 17.5 Å². The van der Waals surface area contributed by atoms with Crippen molar-refractivity contribution < 1.29 is 14.1 Å². The standard InChI is InChI=1S/C20H19FN2O3/c1-2-26-14-10-17-15-4-3-5-16(15)19(12-6-8-13(21)9-7-12)22-20(17)18(11-14)23(24)25/h3-4,6-11,15-16,19,22H,2,5H2,1H3. The van der Waals surface area contributed by atoms with Crippen molar-refractivity contribution in [2.45, 2.75) is 25.3 Å². The van der Waals surface area contributed by atoms with Crippen molar-refractivity contribution in [2.24, 2.45) is 5.92 Å². The number of nitrogens with zero attached hydrogens (tertiary/aromatic N) is 1. The summed E-state index contributed by atoms with van der Waals surface area (Å²) < 4.78 is 18.8. The second-order valence-corrected chi connectivity index (χ2v) is 6.62. The van der Waals surface area contributed by atoms with Gasteiger partial charge in [0.05, 0.1) is 23.6 Å². The van der Waals surface area contributed by atoms with Crippen LogP contribution >= 0.6 is 0 Å². The van der Waals surface area contributed by atoms with E-state index >= 15 is 0 Å². The molecule has 3 unspecified atom stereocenters. The summed E-state index contributed by atoms with van der Waals surface area (Å²) >= 11 is 0. The van der Waals surface area contributed by atoms with E-state index in [1.807, 2.05) is 13.0 Å². The van der Waals surface area contributed by atoms with Gasteiger partial charge in [0.15, 0.2) is 0 Å². The Hall–Kier alpha value is -2.89. The van der Waals surface area contributed by atoms with Gasteiger partial charge in [0.1, 0.15) is 17.3 Å². The molecule has 2 aromatic rings. The summed E-state index contributed by atoms with van der Waals surface area (Å²) in [6.07, 6.45) is 5.09. The Morgan fingerprint density at radius 2 is 2.08 bits per heavy atom. The molecule has 0 amide bonds. The average Bonchev–Trinajstić information content (AvgIpc) is 3.11. The third-order valence-electron chi connectivity index (χ3n) is 5.16. The SMILES string of the molecule is CCOc1cc2c(c([N+](=O)[O-])c1)NC(c1ccc(F)cc1)C1CC=CC21. The molecule has 5 nitrogen and oxygen atoms in total. The molecular weight excluding hydrogens is 335 g/mol. The minimum Gasteiger partial charge on any atom is -0.494 e. The fourth-order valence-corrected chi connectivity index (χ4v) is 4.05. The highest BCUT2D eigenvalue weighted by molar-refractivity contribution is 5.73. The van der Waals surface area contributed by atoms with E-state index in [1.54, 1.807) is 12.1 Å². The van der Waals surface area contributed by atoms with Crippen molar-refractivity contribution in [2.75, 3.05) is 11.9 Å². The van der Waals surface area contributed by atoms with Crippen molar-refractivity contribution >= 4 is 11.4 Å². The lowest BCUT2D eigenvalue weighted by Crippen LogP contribution is -2.29. The molecule has 3 atom stereocenters. The van der Waals surface area contributed by atoms with E-state index in [4.69, 9.17) is 4.74 Å². The van der Waals surface area contributed by atoms with Crippen molar-refractivity contribution in [1.29, 1.82) is 0 Å². The van der Waals surface area contributed by atoms with Crippen LogP contribution in [0.4, 0.5) is 15.8 Å². The molecule has 1 aliphatic carbocycles. The molecule has 6 heteroatoms. The number of fused-ring (bicyclic) bond motifs is 3. The topological polar surface area (TPSA) is 64.4 Å². The summed E-state index contributed by atoms with van der Waals surface area (Å²) in [4.78, 5) is 11.3. The summed E-state index contributed by atoms with van der Waals surface area (Å²) in [5, 5.41) is 15.0. The van der Waals surface area contributed by atoms with Crippen LogP contribution < -0.4 is 10.1 Å². The number of nitro benzene ring substituents is 1. The molecule has 134 valence electrons. The first-order valence-electron chi connectivity index (χ1n) is 8.72. The second-order valence-electron chi connectivity index (χ2n) is 6.62. The Kier molecular flexibility index (Phi) is 4.11. The summed E-state index contributed by atoms with van der Waals surface area (Å²) in [6, 6.07) is 9.59. The van der Waals surface area contributed by atoms with E-state index in [-0.39, 0.29) is 34.3 Å². The smallest absolute Gasteiger partial charge is 0.296 e. The molecule has 26 heavy (non-hydrogen) atoms.